The molecule has 1 saturated heterocycles. The highest BCUT2D eigenvalue weighted by molar-refractivity contribution is 7.99. The number of aliphatic carboxylic acids is 1. The van der Waals surface area contributed by atoms with Crippen LogP contribution in [0.1, 0.15) is 19.2 Å². The number of anilines is 1. The van der Waals surface area contributed by atoms with Gasteiger partial charge in [-0.05, 0) is 6.42 Å². The largest absolute Gasteiger partial charge is 0.480 e. The van der Waals surface area contributed by atoms with E-state index in [0.717, 1.165) is 36.1 Å². The average Bonchev–Trinajstić information content (AvgIpc) is 2.78. The number of thioether (sulfide) groups is 1. The number of hydrogen-bond donors (Lipinski definition) is 1. The van der Waals surface area contributed by atoms with Crippen LogP contribution in [0.25, 0.3) is 0 Å². The predicted molar refractivity (Wildman–Crippen MR) is 70.0 cm³/mol. The average molecular weight is 273 g/mol. The predicted octanol–water partition coefficient (Wildman–Crippen LogP) is 1.50. The monoisotopic (exact) mass is 273 g/mol. The molecule has 2 rings (SSSR count). The van der Waals surface area contributed by atoms with E-state index in [1.165, 1.54) is 11.5 Å². The van der Waals surface area contributed by atoms with E-state index >= 15 is 0 Å². The summed E-state index contributed by atoms with van der Waals surface area (Å²) < 4.78 is 4.26. The molecule has 5 nitrogen and oxygen atoms in total. The normalized spacial score (nSPS) is 20.5. The van der Waals surface area contributed by atoms with Crippen LogP contribution in [0, 0.1) is 0 Å². The first-order valence-corrected chi connectivity index (χ1v) is 7.55. The minimum Gasteiger partial charge on any atom is -0.480 e. The van der Waals surface area contributed by atoms with Gasteiger partial charge in [0.15, 0.2) is 0 Å². The van der Waals surface area contributed by atoms with Crippen LogP contribution in [0.2, 0.25) is 0 Å². The number of aromatic nitrogens is 2. The quantitative estimate of drug-likeness (QED) is 0.896. The fourth-order valence-electron chi connectivity index (χ4n) is 1.72. The van der Waals surface area contributed by atoms with Crippen molar-refractivity contribution in [1.82, 2.24) is 9.36 Å². The lowest BCUT2D eigenvalue weighted by atomic mass is 10.3. The van der Waals surface area contributed by atoms with Crippen LogP contribution in [-0.4, -0.2) is 44.5 Å². The van der Waals surface area contributed by atoms with Crippen molar-refractivity contribution in [2.24, 2.45) is 0 Å². The van der Waals surface area contributed by atoms with Gasteiger partial charge in [-0.3, -0.25) is 0 Å². The fourth-order valence-corrected chi connectivity index (χ4v) is 3.55. The van der Waals surface area contributed by atoms with Gasteiger partial charge in [0.1, 0.15) is 11.9 Å². The van der Waals surface area contributed by atoms with Crippen molar-refractivity contribution in [2.45, 2.75) is 25.8 Å². The highest BCUT2D eigenvalue weighted by Crippen LogP contribution is 2.26. The highest BCUT2D eigenvalue weighted by atomic mass is 32.2. The van der Waals surface area contributed by atoms with Crippen molar-refractivity contribution in [2.75, 3.05) is 23.0 Å². The van der Waals surface area contributed by atoms with Gasteiger partial charge >= 0.3 is 5.97 Å². The molecular weight excluding hydrogens is 258 g/mol. The van der Waals surface area contributed by atoms with E-state index in [1.54, 1.807) is 11.8 Å². The molecule has 17 heavy (non-hydrogen) atoms. The van der Waals surface area contributed by atoms with Crippen molar-refractivity contribution < 1.29 is 9.90 Å². The smallest absolute Gasteiger partial charge is 0.327 e. The molecule has 0 aliphatic carbocycles. The molecule has 0 saturated carbocycles. The summed E-state index contributed by atoms with van der Waals surface area (Å²) in [4.78, 5) is 17.5. The van der Waals surface area contributed by atoms with Crippen molar-refractivity contribution in [3.63, 3.8) is 0 Å². The lowest BCUT2D eigenvalue weighted by molar-refractivity contribution is -0.138. The number of rotatable bonds is 4. The zero-order chi connectivity index (χ0) is 12.3. The van der Waals surface area contributed by atoms with Gasteiger partial charge in [0, 0.05) is 36.0 Å². The van der Waals surface area contributed by atoms with Crippen molar-refractivity contribution in [1.29, 1.82) is 0 Å². The molecule has 0 radical (unpaired) electrons. The van der Waals surface area contributed by atoms with Crippen LogP contribution in [0.5, 0.6) is 0 Å². The van der Waals surface area contributed by atoms with E-state index in [-0.39, 0.29) is 0 Å². The molecule has 0 spiro atoms. The molecule has 1 aliphatic rings. The number of carbonyl (C=O) groups is 1. The van der Waals surface area contributed by atoms with Gasteiger partial charge in [0.05, 0.1) is 0 Å². The zero-order valence-electron chi connectivity index (χ0n) is 9.63. The molecule has 2 heterocycles. The van der Waals surface area contributed by atoms with Crippen molar-refractivity contribution in [3.8, 4) is 0 Å². The fraction of sp³-hybridized carbons (Fsp3) is 0.700. The highest BCUT2D eigenvalue weighted by Gasteiger charge is 2.31. The van der Waals surface area contributed by atoms with E-state index in [2.05, 4.69) is 16.3 Å². The first-order valence-electron chi connectivity index (χ1n) is 5.62. The van der Waals surface area contributed by atoms with E-state index < -0.39 is 12.0 Å². The Hall–Kier alpha value is -0.820. The summed E-state index contributed by atoms with van der Waals surface area (Å²) in [5.41, 5.74) is 0. The minimum atomic E-state index is -0.774. The van der Waals surface area contributed by atoms with Gasteiger partial charge in [0.25, 0.3) is 0 Å². The summed E-state index contributed by atoms with van der Waals surface area (Å²) >= 11 is 2.99. The zero-order valence-corrected chi connectivity index (χ0v) is 11.3. The second kappa shape index (κ2) is 5.68. The number of carboxylic acid groups (broad SMARTS) is 1. The number of nitrogens with zero attached hydrogens (tertiary/aromatic N) is 3. The molecule has 94 valence electrons. The van der Waals surface area contributed by atoms with Crippen molar-refractivity contribution in [3.05, 3.63) is 5.82 Å². The van der Waals surface area contributed by atoms with Gasteiger partial charge < -0.3 is 10.0 Å². The Labute approximate surface area is 108 Å². The van der Waals surface area contributed by atoms with Crippen LogP contribution < -0.4 is 4.90 Å². The van der Waals surface area contributed by atoms with Crippen LogP contribution in [0.3, 0.4) is 0 Å². The van der Waals surface area contributed by atoms with Gasteiger partial charge in [-0.25, -0.2) is 9.78 Å². The van der Waals surface area contributed by atoms with E-state index in [9.17, 15) is 9.90 Å². The number of carboxylic acids is 1. The standard InChI is InChI=1S/C10H15N3O2S2/c1-2-3-8-11-10(17-12-8)13-4-5-16-6-7(13)9(14)15/h7H,2-6H2,1H3,(H,14,15). The summed E-state index contributed by atoms with van der Waals surface area (Å²) in [6.45, 7) is 2.82. The molecule has 0 amide bonds. The third-order valence-electron chi connectivity index (χ3n) is 2.59. The Balaban J connectivity index is 2.14. The molecule has 7 heteroatoms. The summed E-state index contributed by atoms with van der Waals surface area (Å²) in [7, 11) is 0. The Bertz CT molecular complexity index is 397. The van der Waals surface area contributed by atoms with Crippen LogP contribution >= 0.6 is 23.3 Å². The molecular formula is C10H15N3O2S2. The van der Waals surface area contributed by atoms with Crippen molar-refractivity contribution >= 4 is 34.4 Å². The molecule has 0 aromatic carbocycles. The van der Waals surface area contributed by atoms with Gasteiger partial charge in [0.2, 0.25) is 5.13 Å². The maximum Gasteiger partial charge on any atom is 0.327 e. The lowest BCUT2D eigenvalue weighted by Crippen LogP contribution is -2.47. The van der Waals surface area contributed by atoms with Crippen LogP contribution in [0.15, 0.2) is 0 Å². The van der Waals surface area contributed by atoms with Gasteiger partial charge in [-0.2, -0.15) is 16.1 Å². The van der Waals surface area contributed by atoms with E-state index in [4.69, 9.17) is 0 Å². The summed E-state index contributed by atoms with van der Waals surface area (Å²) in [6.07, 6.45) is 1.87. The molecule has 1 atom stereocenters. The first-order chi connectivity index (χ1) is 8.22. The van der Waals surface area contributed by atoms with Gasteiger partial charge in [-0.1, -0.05) is 6.92 Å². The molecule has 1 aromatic rings. The molecule has 1 N–H and O–H groups in total. The molecule has 0 bridgehead atoms. The minimum absolute atomic E-state index is 0.462. The molecule has 1 aromatic heterocycles. The molecule has 1 aliphatic heterocycles. The number of hydrogen-bond acceptors (Lipinski definition) is 6. The summed E-state index contributed by atoms with van der Waals surface area (Å²) in [5, 5.41) is 9.93. The summed E-state index contributed by atoms with van der Waals surface area (Å²) in [5.74, 6) is 1.63. The maximum absolute atomic E-state index is 11.2. The Kier molecular flexibility index (Phi) is 4.22. The third kappa shape index (κ3) is 2.90. The molecule has 1 fully saturated rings. The summed E-state index contributed by atoms with van der Waals surface area (Å²) in [6, 6.07) is -0.462. The Morgan fingerprint density at radius 2 is 2.47 bits per heavy atom. The SMILES string of the molecule is CCCc1nsc(N2CCSCC2C(=O)O)n1. The van der Waals surface area contributed by atoms with E-state index in [0.29, 0.717) is 5.75 Å². The Morgan fingerprint density at radius 1 is 1.65 bits per heavy atom. The number of aryl methyl sites for hydroxylation is 1. The molecule has 1 unspecified atom stereocenters. The van der Waals surface area contributed by atoms with E-state index in [1.807, 2.05) is 4.90 Å². The van der Waals surface area contributed by atoms with Gasteiger partial charge in [-0.15, -0.1) is 0 Å². The third-order valence-corrected chi connectivity index (χ3v) is 4.40. The Morgan fingerprint density at radius 3 is 3.18 bits per heavy atom. The first kappa shape index (κ1) is 12.6. The second-order valence-electron chi connectivity index (χ2n) is 3.87. The second-order valence-corrected chi connectivity index (χ2v) is 5.75. The lowest BCUT2D eigenvalue weighted by Gasteiger charge is -2.31. The van der Waals surface area contributed by atoms with Crippen LogP contribution in [0.4, 0.5) is 5.13 Å². The van der Waals surface area contributed by atoms with Crippen LogP contribution in [-0.2, 0) is 11.2 Å². The topological polar surface area (TPSA) is 66.3 Å². The maximum atomic E-state index is 11.2.